The van der Waals surface area contributed by atoms with Crippen LogP contribution in [0.15, 0.2) is 47.4 Å². The third kappa shape index (κ3) is 10.4. The molecule has 0 saturated carbocycles. The monoisotopic (exact) mass is 605 g/mol. The van der Waals surface area contributed by atoms with Crippen LogP contribution in [0.3, 0.4) is 0 Å². The molecule has 3 amide bonds. The minimum absolute atomic E-state index is 0.000314. The first kappa shape index (κ1) is 34.7. The van der Waals surface area contributed by atoms with Crippen molar-refractivity contribution in [2.75, 3.05) is 26.7 Å². The molecule has 0 fully saturated rings. The first-order valence-corrected chi connectivity index (χ1v) is 15.5. The Bertz CT molecular complexity index is 1330. The van der Waals surface area contributed by atoms with Gasteiger partial charge in [0.2, 0.25) is 15.9 Å². The Balaban J connectivity index is 2.44. The van der Waals surface area contributed by atoms with Crippen molar-refractivity contribution in [1.29, 1.82) is 0 Å². The second-order valence-corrected chi connectivity index (χ2v) is 12.2. The lowest BCUT2D eigenvalue weighted by Crippen LogP contribution is -2.52. The summed E-state index contributed by atoms with van der Waals surface area (Å²) >= 11 is 0. The van der Waals surface area contributed by atoms with Crippen LogP contribution < -0.4 is 15.9 Å². The van der Waals surface area contributed by atoms with E-state index in [9.17, 15) is 33.0 Å². The number of aliphatic hydroxyl groups is 1. The number of hydrazine groups is 1. The van der Waals surface area contributed by atoms with Gasteiger partial charge >= 0.3 is 0 Å². The summed E-state index contributed by atoms with van der Waals surface area (Å²) in [5.41, 5.74) is 3.23. The molecule has 0 spiro atoms. The Morgan fingerprint density at radius 3 is 2.07 bits per heavy atom. The van der Waals surface area contributed by atoms with Gasteiger partial charge in [0.15, 0.2) is 0 Å². The number of hydrogen-bond donors (Lipinski definition) is 5. The van der Waals surface area contributed by atoms with Gasteiger partial charge in [0.05, 0.1) is 17.0 Å². The van der Waals surface area contributed by atoms with Crippen LogP contribution >= 0.6 is 0 Å². The Labute approximate surface area is 247 Å². The number of likely N-dealkylation sites (N-methyl/N-ethyl adjacent to an activating group) is 1. The second kappa shape index (κ2) is 15.6. The van der Waals surface area contributed by atoms with Crippen LogP contribution in [0.25, 0.3) is 0 Å². The number of hydrogen-bond acceptors (Lipinski definition) is 8. The number of aliphatic hydroxyl groups excluding tert-OH is 1. The van der Waals surface area contributed by atoms with Crippen molar-refractivity contribution >= 4 is 27.7 Å². The molecule has 12 nitrogen and oxygen atoms in total. The predicted octanol–water partition coefficient (Wildman–Crippen LogP) is 1.62. The van der Waals surface area contributed by atoms with E-state index < -0.39 is 38.9 Å². The molecule has 2 unspecified atom stereocenters. The maximum Gasteiger partial charge on any atom is 0.253 e. The summed E-state index contributed by atoms with van der Waals surface area (Å²) in [4.78, 5) is 40.1. The van der Waals surface area contributed by atoms with Crippen molar-refractivity contribution in [3.63, 3.8) is 0 Å². The zero-order chi connectivity index (χ0) is 31.6. The topological polar surface area (TPSA) is 182 Å². The summed E-state index contributed by atoms with van der Waals surface area (Å²) in [7, 11) is -2.69. The lowest BCUT2D eigenvalue weighted by Gasteiger charge is -2.29. The highest BCUT2D eigenvalue weighted by Crippen LogP contribution is 2.18. The number of carbonyl (C=O) groups is 3. The number of phenolic OH excluding ortho intramolecular Hbond substituents is 1. The average Bonchev–Trinajstić information content (AvgIpc) is 2.92. The Kier molecular flexibility index (Phi) is 12.9. The highest BCUT2D eigenvalue weighted by atomic mass is 32.2. The number of rotatable bonds is 15. The van der Waals surface area contributed by atoms with Gasteiger partial charge in [0.1, 0.15) is 5.75 Å². The van der Waals surface area contributed by atoms with E-state index in [0.29, 0.717) is 31.5 Å². The predicted molar refractivity (Wildman–Crippen MR) is 159 cm³/mol. The van der Waals surface area contributed by atoms with Gasteiger partial charge in [-0.05, 0) is 55.2 Å². The average molecular weight is 606 g/mol. The van der Waals surface area contributed by atoms with Crippen molar-refractivity contribution in [2.45, 2.75) is 64.0 Å². The lowest BCUT2D eigenvalue weighted by molar-refractivity contribution is -0.129. The van der Waals surface area contributed by atoms with E-state index in [1.165, 1.54) is 23.2 Å². The molecular weight excluding hydrogens is 562 g/mol. The highest BCUT2D eigenvalue weighted by Gasteiger charge is 2.27. The van der Waals surface area contributed by atoms with Gasteiger partial charge in [0, 0.05) is 43.7 Å². The molecule has 0 heterocycles. The fourth-order valence-electron chi connectivity index (χ4n) is 4.25. The number of phenols is 1. The molecule has 42 heavy (non-hydrogen) atoms. The number of amides is 3. The van der Waals surface area contributed by atoms with E-state index in [1.807, 2.05) is 13.8 Å². The summed E-state index contributed by atoms with van der Waals surface area (Å²) in [6, 6.07) is 8.87. The van der Waals surface area contributed by atoms with E-state index >= 15 is 0 Å². The van der Waals surface area contributed by atoms with E-state index in [4.69, 9.17) is 5.14 Å². The maximum atomic E-state index is 13.5. The number of aromatic hydroxyl groups is 1. The fourth-order valence-corrected chi connectivity index (χ4v) is 4.83. The Hall–Kier alpha value is -3.52. The molecule has 232 valence electrons. The molecule has 13 heteroatoms. The molecule has 0 radical (unpaired) electrons. The van der Waals surface area contributed by atoms with Gasteiger partial charge in [-0.3, -0.25) is 19.8 Å². The molecule has 2 rings (SSSR count). The van der Waals surface area contributed by atoms with Gasteiger partial charge in [-0.25, -0.2) is 18.6 Å². The molecule has 6 N–H and O–H groups in total. The zero-order valence-electron chi connectivity index (χ0n) is 24.8. The van der Waals surface area contributed by atoms with Crippen LogP contribution in [-0.4, -0.2) is 85.1 Å². The summed E-state index contributed by atoms with van der Waals surface area (Å²) in [6.45, 7) is 8.15. The van der Waals surface area contributed by atoms with Crippen LogP contribution in [0.4, 0.5) is 0 Å². The number of sulfonamides is 1. The maximum absolute atomic E-state index is 13.5. The van der Waals surface area contributed by atoms with Crippen molar-refractivity contribution < 1.29 is 33.0 Å². The fraction of sp³-hybridized carbons (Fsp3) is 0.483. The van der Waals surface area contributed by atoms with Gasteiger partial charge in [-0.1, -0.05) is 39.8 Å². The van der Waals surface area contributed by atoms with E-state index in [2.05, 4.69) is 10.7 Å². The van der Waals surface area contributed by atoms with Crippen LogP contribution in [0.2, 0.25) is 0 Å². The minimum atomic E-state index is -4.27. The summed E-state index contributed by atoms with van der Waals surface area (Å²) in [5.74, 6) is -1.65. The smallest absolute Gasteiger partial charge is 0.253 e. The molecular formula is C29H43N5O7S. The van der Waals surface area contributed by atoms with E-state index in [1.54, 1.807) is 37.9 Å². The minimum Gasteiger partial charge on any atom is -0.508 e. The number of benzene rings is 2. The number of primary sulfonamides is 1. The van der Waals surface area contributed by atoms with Gasteiger partial charge in [-0.2, -0.15) is 0 Å². The normalized spacial score (nSPS) is 13.1. The summed E-state index contributed by atoms with van der Waals surface area (Å²) in [6.07, 6.45) is 0.334. The Morgan fingerprint density at radius 1 is 0.976 bits per heavy atom. The molecule has 0 aliphatic heterocycles. The molecule has 0 aliphatic carbocycles. The number of nitrogens with zero attached hydrogens (tertiary/aromatic N) is 2. The third-order valence-corrected chi connectivity index (χ3v) is 7.37. The molecule has 0 bridgehead atoms. The van der Waals surface area contributed by atoms with Crippen molar-refractivity contribution in [2.24, 2.45) is 11.1 Å². The third-order valence-electron chi connectivity index (χ3n) is 6.48. The van der Waals surface area contributed by atoms with Crippen LogP contribution in [0.5, 0.6) is 5.75 Å². The molecule has 0 saturated heterocycles. The molecule has 2 aromatic carbocycles. The number of nitrogens with two attached hydrogens (primary N) is 1. The summed E-state index contributed by atoms with van der Waals surface area (Å²) in [5, 5.41) is 30.3. The molecule has 0 aromatic heterocycles. The standard InChI is InChI=1S/C29H43N5O7S/c1-6-12-34(13-7-2)29(39)22-15-21(16-24(17-22)42(30,40)41)28(38)31-25(14-20-8-10-23(35)11-9-20)26(36)18-33(5)32-27(37)19(3)4/h8-11,15-17,19,25-26,35-36H,6-7,12-14,18H2,1-5H3,(H,31,38)(H,32,37)(H2,30,40,41). The quantitative estimate of drug-likeness (QED) is 0.190. The van der Waals surface area contributed by atoms with Crippen LogP contribution in [0, 0.1) is 5.92 Å². The van der Waals surface area contributed by atoms with Crippen molar-refractivity contribution in [3.8, 4) is 5.75 Å². The SMILES string of the molecule is CCCN(CCC)C(=O)c1cc(C(=O)NC(Cc2ccc(O)cc2)C(O)CN(C)NC(=O)C(C)C)cc(S(N)(=O)=O)c1. The van der Waals surface area contributed by atoms with Gasteiger partial charge in [0.25, 0.3) is 11.8 Å². The zero-order valence-corrected chi connectivity index (χ0v) is 25.6. The first-order valence-electron chi connectivity index (χ1n) is 13.9. The van der Waals surface area contributed by atoms with Crippen molar-refractivity contribution in [1.82, 2.24) is 20.7 Å². The molecule has 0 aliphatic rings. The van der Waals surface area contributed by atoms with Crippen LogP contribution in [-0.2, 0) is 21.2 Å². The number of nitrogens with one attached hydrogen (secondary N) is 2. The van der Waals surface area contributed by atoms with Gasteiger partial charge < -0.3 is 20.4 Å². The lowest BCUT2D eigenvalue weighted by atomic mass is 10.00. The second-order valence-electron chi connectivity index (χ2n) is 10.6. The van der Waals surface area contributed by atoms with E-state index in [0.717, 1.165) is 12.1 Å². The van der Waals surface area contributed by atoms with Crippen molar-refractivity contribution in [3.05, 3.63) is 59.2 Å². The first-order chi connectivity index (χ1) is 19.7. The molecule has 2 atom stereocenters. The largest absolute Gasteiger partial charge is 0.508 e. The summed E-state index contributed by atoms with van der Waals surface area (Å²) < 4.78 is 24.6. The Morgan fingerprint density at radius 2 is 1.55 bits per heavy atom. The molecule has 2 aromatic rings. The number of carbonyl (C=O) groups excluding carboxylic acids is 3. The van der Waals surface area contributed by atoms with Crippen LogP contribution in [0.1, 0.15) is 66.8 Å². The van der Waals surface area contributed by atoms with E-state index in [-0.39, 0.29) is 41.7 Å². The highest BCUT2D eigenvalue weighted by molar-refractivity contribution is 7.89. The van der Waals surface area contributed by atoms with Gasteiger partial charge in [-0.15, -0.1) is 0 Å².